The number of aromatic nitrogens is 2. The zero-order chi connectivity index (χ0) is 20.4. The van der Waals surface area contributed by atoms with Crippen LogP contribution in [-0.4, -0.2) is 33.5 Å². The first-order chi connectivity index (χ1) is 14.0. The van der Waals surface area contributed by atoms with Crippen LogP contribution in [-0.2, 0) is 0 Å². The largest absolute Gasteiger partial charge is 0.329 e. The first-order valence-electron chi connectivity index (χ1n) is 8.98. The molecular weight excluding hydrogens is 431 g/mol. The maximum absolute atomic E-state index is 12.9. The standard InChI is InChI=1S/C20H16Cl2N4O2S/c21-13-8-6-12(7-9-13)20(28)26-10-2-5-16(26)18-24-25-19(29-18)17(27)23-15-4-1-3-14(22)11-15/h1,3-4,6-9,11,16H,2,5,10H2,(H,23,27). The molecule has 0 aliphatic carbocycles. The summed E-state index contributed by atoms with van der Waals surface area (Å²) in [6.07, 6.45) is 1.65. The average Bonchev–Trinajstić information content (AvgIpc) is 3.37. The lowest BCUT2D eigenvalue weighted by Gasteiger charge is -2.22. The van der Waals surface area contributed by atoms with Gasteiger partial charge in [0, 0.05) is 27.8 Å². The number of halogens is 2. The third kappa shape index (κ3) is 4.42. The Kier molecular flexibility index (Phi) is 5.80. The highest BCUT2D eigenvalue weighted by atomic mass is 35.5. The van der Waals surface area contributed by atoms with Gasteiger partial charge in [0.1, 0.15) is 5.01 Å². The van der Waals surface area contributed by atoms with Crippen molar-refractivity contribution in [3.05, 3.63) is 74.2 Å². The molecule has 2 heterocycles. The lowest BCUT2D eigenvalue weighted by molar-refractivity contribution is 0.0735. The van der Waals surface area contributed by atoms with Crippen molar-refractivity contribution in [2.75, 3.05) is 11.9 Å². The van der Waals surface area contributed by atoms with Crippen LogP contribution in [0.1, 0.15) is 44.1 Å². The molecule has 1 aromatic heterocycles. The van der Waals surface area contributed by atoms with Crippen LogP contribution < -0.4 is 5.32 Å². The van der Waals surface area contributed by atoms with Gasteiger partial charge >= 0.3 is 0 Å². The molecule has 2 aromatic carbocycles. The molecule has 1 aliphatic heterocycles. The number of amides is 2. The van der Waals surface area contributed by atoms with Crippen LogP contribution in [0.3, 0.4) is 0 Å². The maximum atomic E-state index is 12.9. The Labute approximate surface area is 181 Å². The third-order valence-electron chi connectivity index (χ3n) is 4.61. The highest BCUT2D eigenvalue weighted by Gasteiger charge is 2.33. The molecule has 1 fully saturated rings. The molecule has 1 unspecified atom stereocenters. The molecule has 1 saturated heterocycles. The molecule has 3 aromatic rings. The fourth-order valence-electron chi connectivity index (χ4n) is 3.24. The summed E-state index contributed by atoms with van der Waals surface area (Å²) in [5.74, 6) is -0.436. The Balaban J connectivity index is 1.49. The monoisotopic (exact) mass is 446 g/mol. The summed E-state index contributed by atoms with van der Waals surface area (Å²) in [6.45, 7) is 0.635. The van der Waals surface area contributed by atoms with Gasteiger partial charge in [0.15, 0.2) is 0 Å². The van der Waals surface area contributed by atoms with Crippen LogP contribution in [0.25, 0.3) is 0 Å². The second kappa shape index (κ2) is 8.49. The second-order valence-corrected chi connectivity index (χ2v) is 8.46. The van der Waals surface area contributed by atoms with E-state index in [2.05, 4.69) is 15.5 Å². The minimum absolute atomic E-state index is 0.0794. The molecule has 0 saturated carbocycles. The molecule has 29 heavy (non-hydrogen) atoms. The predicted octanol–water partition coefficient (Wildman–Crippen LogP) is 5.07. The molecule has 1 atom stereocenters. The predicted molar refractivity (Wildman–Crippen MR) is 114 cm³/mol. The smallest absolute Gasteiger partial charge is 0.286 e. The quantitative estimate of drug-likeness (QED) is 0.606. The van der Waals surface area contributed by atoms with E-state index >= 15 is 0 Å². The number of hydrogen-bond acceptors (Lipinski definition) is 5. The summed E-state index contributed by atoms with van der Waals surface area (Å²) in [5.41, 5.74) is 1.16. The summed E-state index contributed by atoms with van der Waals surface area (Å²) in [6, 6.07) is 13.5. The number of anilines is 1. The van der Waals surface area contributed by atoms with E-state index in [4.69, 9.17) is 23.2 Å². The molecule has 6 nitrogen and oxygen atoms in total. The Morgan fingerprint density at radius 2 is 1.86 bits per heavy atom. The number of carbonyl (C=O) groups excluding carboxylic acids is 2. The highest BCUT2D eigenvalue weighted by Crippen LogP contribution is 2.35. The molecule has 0 radical (unpaired) electrons. The molecule has 1 aliphatic rings. The average molecular weight is 447 g/mol. The van der Waals surface area contributed by atoms with Crippen molar-refractivity contribution in [3.63, 3.8) is 0 Å². The van der Waals surface area contributed by atoms with Gasteiger partial charge in [0.2, 0.25) is 5.01 Å². The molecule has 148 valence electrons. The van der Waals surface area contributed by atoms with Crippen molar-refractivity contribution in [1.82, 2.24) is 15.1 Å². The van der Waals surface area contributed by atoms with Gasteiger partial charge in [-0.15, -0.1) is 10.2 Å². The minimum atomic E-state index is -0.357. The molecule has 9 heteroatoms. The molecule has 4 rings (SSSR count). The van der Waals surface area contributed by atoms with Crippen LogP contribution >= 0.6 is 34.5 Å². The number of hydrogen-bond donors (Lipinski definition) is 1. The van der Waals surface area contributed by atoms with E-state index in [0.29, 0.717) is 32.8 Å². The van der Waals surface area contributed by atoms with Crippen molar-refractivity contribution in [3.8, 4) is 0 Å². The Hall–Kier alpha value is -2.48. The van der Waals surface area contributed by atoms with Gasteiger partial charge in [-0.25, -0.2) is 0 Å². The van der Waals surface area contributed by atoms with Gasteiger partial charge in [-0.05, 0) is 55.3 Å². The third-order valence-corrected chi connectivity index (χ3v) is 6.12. The van der Waals surface area contributed by atoms with Gasteiger partial charge in [-0.1, -0.05) is 40.6 Å². The summed E-state index contributed by atoms with van der Waals surface area (Å²) in [5, 5.41) is 13.0. The number of nitrogens with zero attached hydrogens (tertiary/aromatic N) is 3. The van der Waals surface area contributed by atoms with E-state index in [1.807, 2.05) is 0 Å². The first-order valence-corrected chi connectivity index (χ1v) is 10.6. The number of benzene rings is 2. The maximum Gasteiger partial charge on any atom is 0.286 e. The Morgan fingerprint density at radius 3 is 2.62 bits per heavy atom. The van der Waals surface area contributed by atoms with Gasteiger partial charge in [0.05, 0.1) is 6.04 Å². The van der Waals surface area contributed by atoms with Crippen molar-refractivity contribution >= 4 is 52.0 Å². The summed E-state index contributed by atoms with van der Waals surface area (Å²) < 4.78 is 0. The number of carbonyl (C=O) groups is 2. The van der Waals surface area contributed by atoms with Gasteiger partial charge in [-0.2, -0.15) is 0 Å². The van der Waals surface area contributed by atoms with Crippen LogP contribution in [0.15, 0.2) is 48.5 Å². The second-order valence-electron chi connectivity index (χ2n) is 6.57. The van der Waals surface area contributed by atoms with Gasteiger partial charge < -0.3 is 10.2 Å². The van der Waals surface area contributed by atoms with E-state index in [9.17, 15) is 9.59 Å². The summed E-state index contributed by atoms with van der Waals surface area (Å²) in [4.78, 5) is 27.2. The van der Waals surface area contributed by atoms with E-state index < -0.39 is 0 Å². The zero-order valence-corrected chi connectivity index (χ0v) is 17.5. The number of nitrogens with one attached hydrogen (secondary N) is 1. The molecule has 1 N–H and O–H groups in total. The highest BCUT2D eigenvalue weighted by molar-refractivity contribution is 7.13. The van der Waals surface area contributed by atoms with E-state index in [1.165, 1.54) is 11.3 Å². The fourth-order valence-corrected chi connectivity index (χ4v) is 4.44. The SMILES string of the molecule is O=C(Nc1cccc(Cl)c1)c1nnc(C2CCCN2C(=O)c2ccc(Cl)cc2)s1. The van der Waals surface area contributed by atoms with E-state index in [1.54, 1.807) is 53.4 Å². The first kappa shape index (κ1) is 19.8. The van der Waals surface area contributed by atoms with Crippen molar-refractivity contribution in [1.29, 1.82) is 0 Å². The van der Waals surface area contributed by atoms with Crippen molar-refractivity contribution in [2.45, 2.75) is 18.9 Å². The van der Waals surface area contributed by atoms with Crippen LogP contribution in [0, 0.1) is 0 Å². The van der Waals surface area contributed by atoms with Crippen LogP contribution in [0.5, 0.6) is 0 Å². The van der Waals surface area contributed by atoms with Gasteiger partial charge in [0.25, 0.3) is 11.8 Å². The number of likely N-dealkylation sites (tertiary alicyclic amines) is 1. The molecule has 0 spiro atoms. The Morgan fingerprint density at radius 1 is 1.07 bits per heavy atom. The number of rotatable bonds is 4. The van der Waals surface area contributed by atoms with Crippen molar-refractivity contribution < 1.29 is 9.59 Å². The lowest BCUT2D eigenvalue weighted by atomic mass is 10.1. The lowest BCUT2D eigenvalue weighted by Crippen LogP contribution is -2.30. The summed E-state index contributed by atoms with van der Waals surface area (Å²) >= 11 is 13.1. The van der Waals surface area contributed by atoms with Crippen LogP contribution in [0.2, 0.25) is 10.0 Å². The Bertz CT molecular complexity index is 1050. The van der Waals surface area contributed by atoms with Crippen molar-refractivity contribution in [2.24, 2.45) is 0 Å². The van der Waals surface area contributed by atoms with Crippen LogP contribution in [0.4, 0.5) is 5.69 Å². The molecule has 2 amide bonds. The minimum Gasteiger partial charge on any atom is -0.329 e. The van der Waals surface area contributed by atoms with E-state index in [-0.39, 0.29) is 22.9 Å². The fraction of sp³-hybridized carbons (Fsp3) is 0.200. The zero-order valence-electron chi connectivity index (χ0n) is 15.1. The normalized spacial score (nSPS) is 16.1. The van der Waals surface area contributed by atoms with E-state index in [0.717, 1.165) is 12.8 Å². The van der Waals surface area contributed by atoms with Gasteiger partial charge in [-0.3, -0.25) is 9.59 Å². The molecular formula is C20H16Cl2N4O2S. The topological polar surface area (TPSA) is 75.2 Å². The molecule has 0 bridgehead atoms. The summed E-state index contributed by atoms with van der Waals surface area (Å²) in [7, 11) is 0.